The van der Waals surface area contributed by atoms with Crippen LogP contribution < -0.4 is 16.0 Å². The van der Waals surface area contributed by atoms with E-state index in [1.807, 2.05) is 61.5 Å². The number of hydrogen-bond acceptors (Lipinski definition) is 8. The molecule has 3 rings (SSSR count). The van der Waals surface area contributed by atoms with Crippen molar-refractivity contribution in [3.8, 4) is 0 Å². The Morgan fingerprint density at radius 3 is 1.73 bits per heavy atom. The van der Waals surface area contributed by atoms with E-state index >= 15 is 0 Å². The Kier molecular flexibility index (Phi) is 17.9. The lowest BCUT2D eigenvalue weighted by Crippen LogP contribution is -2.53. The van der Waals surface area contributed by atoms with Gasteiger partial charge in [-0.2, -0.15) is 0 Å². The average Bonchev–Trinajstić information content (AvgIpc) is 3.12. The van der Waals surface area contributed by atoms with Crippen molar-refractivity contribution in [2.45, 2.75) is 82.7 Å². The summed E-state index contributed by atoms with van der Waals surface area (Å²) < 4.78 is 15.9. The lowest BCUT2D eigenvalue weighted by molar-refractivity contribution is -0.128. The molecule has 0 heterocycles. The minimum atomic E-state index is -1.02. The Balaban J connectivity index is 1.66. The number of hydrogen-bond donors (Lipinski definition) is 3. The van der Waals surface area contributed by atoms with E-state index < -0.39 is 34.4 Å². The second kappa shape index (κ2) is 22.0. The Morgan fingerprint density at radius 1 is 0.712 bits per heavy atom. The topological polar surface area (TPSA) is 132 Å². The predicted molar refractivity (Wildman–Crippen MR) is 206 cm³/mol. The highest BCUT2D eigenvalue weighted by Crippen LogP contribution is 2.48. The van der Waals surface area contributed by atoms with E-state index in [1.54, 1.807) is 27.7 Å². The standard InChI is InChI=1S/C41H55N3O7S/c1-6-17-37(46)42-25-27-50-29-28-49-26-16-24-36(45)31(2)43-38(47)35(44-39(48)51-40(3,4)5)30-52-41(32-18-10-7-11-19-32,33-20-12-8-13-21-33)34-22-14-9-15-23-34/h7-15,18-23,31,35H,6,16-17,24-30H2,1-5H3,(H,42,46)(H,43,47)(H,44,48)/t31-,35-/m0/s1. The summed E-state index contributed by atoms with van der Waals surface area (Å²) >= 11 is 1.53. The maximum absolute atomic E-state index is 13.9. The fraction of sp³-hybridized carbons (Fsp3) is 0.463. The van der Waals surface area contributed by atoms with Gasteiger partial charge >= 0.3 is 6.09 Å². The molecule has 0 aliphatic rings. The summed E-state index contributed by atoms with van der Waals surface area (Å²) in [4.78, 5) is 51.4. The zero-order valence-electron chi connectivity index (χ0n) is 31.2. The number of ketones is 1. The summed E-state index contributed by atoms with van der Waals surface area (Å²) in [5.74, 6) is -0.443. The summed E-state index contributed by atoms with van der Waals surface area (Å²) in [5, 5.41) is 8.41. The third-order valence-corrected chi connectivity index (χ3v) is 9.63. The maximum Gasteiger partial charge on any atom is 0.408 e. The first kappa shape index (κ1) is 42.2. The van der Waals surface area contributed by atoms with E-state index in [-0.39, 0.29) is 23.9 Å². The van der Waals surface area contributed by atoms with Crippen molar-refractivity contribution < 1.29 is 33.4 Å². The van der Waals surface area contributed by atoms with Crippen LogP contribution in [0.1, 0.15) is 77.0 Å². The molecule has 3 aromatic carbocycles. The van der Waals surface area contributed by atoms with Gasteiger partial charge in [-0.25, -0.2) is 4.79 Å². The van der Waals surface area contributed by atoms with Gasteiger partial charge in [-0.1, -0.05) is 97.9 Å². The van der Waals surface area contributed by atoms with E-state index in [2.05, 4.69) is 52.3 Å². The lowest BCUT2D eigenvalue weighted by atomic mass is 9.84. The lowest BCUT2D eigenvalue weighted by Gasteiger charge is -2.36. The van der Waals surface area contributed by atoms with Gasteiger partial charge in [0, 0.05) is 31.7 Å². The van der Waals surface area contributed by atoms with Crippen LogP contribution in [-0.2, 0) is 33.3 Å². The van der Waals surface area contributed by atoms with Crippen molar-refractivity contribution in [1.82, 2.24) is 16.0 Å². The van der Waals surface area contributed by atoms with Crippen LogP contribution in [0.25, 0.3) is 0 Å². The maximum atomic E-state index is 13.9. The highest BCUT2D eigenvalue weighted by Gasteiger charge is 2.39. The van der Waals surface area contributed by atoms with Gasteiger partial charge in [0.2, 0.25) is 11.8 Å². The Bertz CT molecular complexity index is 1420. The molecule has 0 bridgehead atoms. The number of benzene rings is 3. The first-order chi connectivity index (χ1) is 25.0. The molecule has 2 atom stereocenters. The van der Waals surface area contributed by atoms with Crippen molar-refractivity contribution in [3.05, 3.63) is 108 Å². The Labute approximate surface area is 313 Å². The average molecular weight is 734 g/mol. The fourth-order valence-corrected chi connectivity index (χ4v) is 7.03. The van der Waals surface area contributed by atoms with Crippen molar-refractivity contribution in [2.24, 2.45) is 0 Å². The largest absolute Gasteiger partial charge is 0.444 e. The highest BCUT2D eigenvalue weighted by molar-refractivity contribution is 8.00. The molecule has 52 heavy (non-hydrogen) atoms. The summed E-state index contributed by atoms with van der Waals surface area (Å²) in [5.41, 5.74) is 2.27. The Morgan fingerprint density at radius 2 is 1.23 bits per heavy atom. The smallest absolute Gasteiger partial charge is 0.408 e. The van der Waals surface area contributed by atoms with Crippen LogP contribution in [0.2, 0.25) is 0 Å². The molecule has 11 heteroatoms. The van der Waals surface area contributed by atoms with Crippen LogP contribution in [0.5, 0.6) is 0 Å². The molecule has 0 spiro atoms. The van der Waals surface area contributed by atoms with Gasteiger partial charge < -0.3 is 30.2 Å². The Hall–Kier alpha value is -4.19. The van der Waals surface area contributed by atoms with Crippen LogP contribution in [0.3, 0.4) is 0 Å². The minimum Gasteiger partial charge on any atom is -0.444 e. The van der Waals surface area contributed by atoms with E-state index in [0.717, 1.165) is 23.1 Å². The summed E-state index contributed by atoms with van der Waals surface area (Å²) in [6.45, 7) is 10.9. The van der Waals surface area contributed by atoms with Crippen LogP contribution in [0, 0.1) is 0 Å². The number of Topliss-reactive ketones (excluding diaryl/α,β-unsaturated/α-hetero) is 1. The second-order valence-electron chi connectivity index (χ2n) is 13.4. The molecule has 0 aromatic heterocycles. The summed E-state index contributed by atoms with van der Waals surface area (Å²) in [6.07, 6.45) is 1.28. The number of rotatable bonds is 22. The van der Waals surface area contributed by atoms with Crippen LogP contribution in [0.4, 0.5) is 4.79 Å². The van der Waals surface area contributed by atoms with Crippen LogP contribution in [-0.4, -0.2) is 80.1 Å². The van der Waals surface area contributed by atoms with Crippen LogP contribution >= 0.6 is 11.8 Å². The number of ether oxygens (including phenoxy) is 3. The molecule has 0 fully saturated rings. The molecule has 0 aliphatic carbocycles. The monoisotopic (exact) mass is 733 g/mol. The molecule has 3 N–H and O–H groups in total. The summed E-state index contributed by atoms with van der Waals surface area (Å²) in [6, 6.07) is 28.4. The number of alkyl carbamates (subject to hydrolysis) is 1. The predicted octanol–water partition coefficient (Wildman–Crippen LogP) is 6.41. The van der Waals surface area contributed by atoms with Gasteiger partial charge in [0.1, 0.15) is 11.6 Å². The van der Waals surface area contributed by atoms with Crippen molar-refractivity contribution in [3.63, 3.8) is 0 Å². The van der Waals surface area contributed by atoms with Gasteiger partial charge in [-0.05, 0) is 57.2 Å². The van der Waals surface area contributed by atoms with Crippen molar-refractivity contribution in [1.29, 1.82) is 0 Å². The van der Waals surface area contributed by atoms with Gasteiger partial charge in [0.15, 0.2) is 5.78 Å². The zero-order chi connectivity index (χ0) is 37.8. The molecule has 10 nitrogen and oxygen atoms in total. The molecule has 0 aliphatic heterocycles. The number of nitrogens with one attached hydrogen (secondary N) is 3. The molecule has 0 unspecified atom stereocenters. The van der Waals surface area contributed by atoms with E-state index in [4.69, 9.17) is 14.2 Å². The van der Waals surface area contributed by atoms with Crippen molar-refractivity contribution >= 4 is 35.5 Å². The summed E-state index contributed by atoms with van der Waals surface area (Å²) in [7, 11) is 0. The first-order valence-electron chi connectivity index (χ1n) is 18.0. The molecule has 3 amide bonds. The molecule has 3 aromatic rings. The third-order valence-electron chi connectivity index (χ3n) is 7.99. The SMILES string of the molecule is CCCC(=O)NCCOCCOCCCC(=O)[C@H](C)NC(=O)[C@H](CSC(c1ccccc1)(c1ccccc1)c1ccccc1)NC(=O)OC(C)(C)C. The van der Waals surface area contributed by atoms with E-state index in [9.17, 15) is 19.2 Å². The molecule has 0 saturated heterocycles. The highest BCUT2D eigenvalue weighted by atomic mass is 32.2. The molecule has 282 valence electrons. The minimum absolute atomic E-state index is 0.0161. The van der Waals surface area contributed by atoms with E-state index in [0.29, 0.717) is 45.8 Å². The van der Waals surface area contributed by atoms with Gasteiger partial charge in [-0.3, -0.25) is 14.4 Å². The fourth-order valence-electron chi connectivity index (χ4n) is 5.47. The molecule has 0 saturated carbocycles. The first-order valence-corrected chi connectivity index (χ1v) is 19.0. The third kappa shape index (κ3) is 14.1. The van der Waals surface area contributed by atoms with E-state index in [1.165, 1.54) is 11.8 Å². The van der Waals surface area contributed by atoms with Gasteiger partial charge in [0.05, 0.1) is 30.6 Å². The van der Waals surface area contributed by atoms with Gasteiger partial charge in [0.25, 0.3) is 0 Å². The van der Waals surface area contributed by atoms with Crippen molar-refractivity contribution in [2.75, 3.05) is 38.7 Å². The molecule has 0 radical (unpaired) electrons. The number of thioether (sulfide) groups is 1. The second-order valence-corrected chi connectivity index (χ2v) is 14.6. The quantitative estimate of drug-likeness (QED) is 0.0798. The normalized spacial score (nSPS) is 12.7. The molecular formula is C41H55N3O7S. The number of amides is 3. The zero-order valence-corrected chi connectivity index (χ0v) is 32.0. The number of carbonyl (C=O) groups excluding carboxylic acids is 4. The van der Waals surface area contributed by atoms with Gasteiger partial charge in [-0.15, -0.1) is 11.8 Å². The molecular weight excluding hydrogens is 679 g/mol. The number of carbonyl (C=O) groups is 4. The van der Waals surface area contributed by atoms with Crippen LogP contribution in [0.15, 0.2) is 91.0 Å².